The maximum atomic E-state index is 12.5. The van der Waals surface area contributed by atoms with Crippen molar-refractivity contribution < 1.29 is 14.3 Å². The summed E-state index contributed by atoms with van der Waals surface area (Å²) in [6.45, 7) is 3.02. The first kappa shape index (κ1) is 15.3. The zero-order chi connectivity index (χ0) is 16.7. The van der Waals surface area contributed by atoms with E-state index in [-0.39, 0.29) is 11.7 Å². The molecule has 1 saturated heterocycles. The van der Waals surface area contributed by atoms with Gasteiger partial charge in [0.1, 0.15) is 11.4 Å². The first-order valence-corrected chi connectivity index (χ1v) is 8.93. The van der Waals surface area contributed by atoms with Gasteiger partial charge >= 0.3 is 0 Å². The number of para-hydroxylation sites is 1. The van der Waals surface area contributed by atoms with E-state index in [0.717, 1.165) is 10.7 Å². The SMILES string of the molecule is Cc1nc(CC(=O)N2CC[C@]3(CC(=O)c4ccccc4O3)C2)cs1. The zero-order valence-electron chi connectivity index (χ0n) is 13.4. The second kappa shape index (κ2) is 5.70. The molecule has 0 aliphatic carbocycles. The van der Waals surface area contributed by atoms with Gasteiger partial charge in [0.25, 0.3) is 0 Å². The summed E-state index contributed by atoms with van der Waals surface area (Å²) in [7, 11) is 0. The van der Waals surface area contributed by atoms with E-state index in [2.05, 4.69) is 4.98 Å². The van der Waals surface area contributed by atoms with Gasteiger partial charge in [-0.1, -0.05) is 12.1 Å². The summed E-state index contributed by atoms with van der Waals surface area (Å²) in [6, 6.07) is 7.34. The van der Waals surface area contributed by atoms with E-state index in [1.807, 2.05) is 30.5 Å². The molecule has 0 bridgehead atoms. The fourth-order valence-corrected chi connectivity index (χ4v) is 4.10. The van der Waals surface area contributed by atoms with E-state index in [4.69, 9.17) is 4.74 Å². The van der Waals surface area contributed by atoms with E-state index in [9.17, 15) is 9.59 Å². The van der Waals surface area contributed by atoms with Crippen LogP contribution in [0.25, 0.3) is 0 Å². The lowest BCUT2D eigenvalue weighted by Gasteiger charge is -2.34. The standard InChI is InChI=1S/C18H18N2O3S/c1-12-19-13(10-24-12)8-17(22)20-7-6-18(11-20)9-15(21)14-4-2-3-5-16(14)23-18/h2-5,10H,6-9,11H2,1H3/t18-/m0/s1. The van der Waals surface area contributed by atoms with Crippen LogP contribution < -0.4 is 4.74 Å². The fourth-order valence-electron chi connectivity index (χ4n) is 3.48. The number of benzene rings is 1. The van der Waals surface area contributed by atoms with Gasteiger partial charge in [0, 0.05) is 18.3 Å². The molecule has 0 radical (unpaired) electrons. The minimum Gasteiger partial charge on any atom is -0.484 e. The number of likely N-dealkylation sites (tertiary alicyclic amines) is 1. The molecule has 1 spiro atoms. The number of hydrogen-bond acceptors (Lipinski definition) is 5. The van der Waals surface area contributed by atoms with Gasteiger partial charge in [0.15, 0.2) is 5.78 Å². The van der Waals surface area contributed by atoms with Crippen LogP contribution in [-0.4, -0.2) is 40.3 Å². The Labute approximate surface area is 144 Å². The summed E-state index contributed by atoms with van der Waals surface area (Å²) in [5.74, 6) is 0.784. The lowest BCUT2D eigenvalue weighted by molar-refractivity contribution is -0.130. The predicted octanol–water partition coefficient (Wildman–Crippen LogP) is 2.63. The summed E-state index contributed by atoms with van der Waals surface area (Å²) in [5.41, 5.74) is 0.888. The van der Waals surface area contributed by atoms with Gasteiger partial charge < -0.3 is 9.64 Å². The number of aryl methyl sites for hydroxylation is 1. The number of Topliss-reactive ketones (excluding diaryl/α,β-unsaturated/α-hetero) is 1. The first-order valence-electron chi connectivity index (χ1n) is 8.05. The molecule has 5 nitrogen and oxygen atoms in total. The molecular formula is C18H18N2O3S. The quantitative estimate of drug-likeness (QED) is 0.842. The minimum atomic E-state index is -0.570. The van der Waals surface area contributed by atoms with Crippen LogP contribution in [0.1, 0.15) is 33.9 Å². The molecule has 0 unspecified atom stereocenters. The fraction of sp³-hybridized carbons (Fsp3) is 0.389. The number of hydrogen-bond donors (Lipinski definition) is 0. The van der Waals surface area contributed by atoms with E-state index in [1.54, 1.807) is 22.3 Å². The lowest BCUT2D eigenvalue weighted by Crippen LogP contribution is -2.45. The Kier molecular flexibility index (Phi) is 3.64. The average Bonchev–Trinajstić information content (AvgIpc) is 3.14. The van der Waals surface area contributed by atoms with Gasteiger partial charge in [-0.25, -0.2) is 4.98 Å². The molecule has 124 valence electrons. The predicted molar refractivity (Wildman–Crippen MR) is 90.5 cm³/mol. The van der Waals surface area contributed by atoms with Crippen molar-refractivity contribution >= 4 is 23.0 Å². The van der Waals surface area contributed by atoms with E-state index >= 15 is 0 Å². The molecule has 2 aliphatic heterocycles. The third-order valence-electron chi connectivity index (χ3n) is 4.66. The summed E-state index contributed by atoms with van der Waals surface area (Å²) in [5, 5.41) is 2.89. The number of fused-ring (bicyclic) bond motifs is 1. The van der Waals surface area contributed by atoms with Crippen molar-refractivity contribution in [3.05, 3.63) is 45.9 Å². The topological polar surface area (TPSA) is 59.5 Å². The maximum absolute atomic E-state index is 12.5. The Morgan fingerprint density at radius 1 is 1.42 bits per heavy atom. The molecule has 6 heteroatoms. The summed E-state index contributed by atoms with van der Waals surface area (Å²) in [6.07, 6.45) is 1.34. The van der Waals surface area contributed by atoms with Crippen molar-refractivity contribution in [2.45, 2.75) is 31.8 Å². The monoisotopic (exact) mass is 342 g/mol. The van der Waals surface area contributed by atoms with Crippen molar-refractivity contribution in [3.63, 3.8) is 0 Å². The number of carbonyl (C=O) groups excluding carboxylic acids is 2. The highest BCUT2D eigenvalue weighted by Gasteiger charge is 2.46. The Morgan fingerprint density at radius 3 is 3.04 bits per heavy atom. The number of aromatic nitrogens is 1. The van der Waals surface area contributed by atoms with Gasteiger partial charge in [-0.3, -0.25) is 9.59 Å². The van der Waals surface area contributed by atoms with Gasteiger partial charge in [-0.15, -0.1) is 11.3 Å². The molecule has 0 N–H and O–H groups in total. The number of amides is 1. The smallest absolute Gasteiger partial charge is 0.228 e. The Hall–Kier alpha value is -2.21. The van der Waals surface area contributed by atoms with Gasteiger partial charge in [-0.05, 0) is 19.1 Å². The molecule has 1 aromatic heterocycles. The van der Waals surface area contributed by atoms with Crippen LogP contribution >= 0.6 is 11.3 Å². The molecule has 1 fully saturated rings. The highest BCUT2D eigenvalue weighted by atomic mass is 32.1. The van der Waals surface area contributed by atoms with Gasteiger partial charge in [0.05, 0.1) is 35.7 Å². The minimum absolute atomic E-state index is 0.0482. The Bertz CT molecular complexity index is 816. The number of ether oxygens (including phenoxy) is 1. The largest absolute Gasteiger partial charge is 0.484 e. The third kappa shape index (κ3) is 2.71. The molecule has 1 amide bonds. The number of nitrogens with zero attached hydrogens (tertiary/aromatic N) is 2. The summed E-state index contributed by atoms with van der Waals surface area (Å²) < 4.78 is 6.16. The Morgan fingerprint density at radius 2 is 2.25 bits per heavy atom. The molecule has 0 saturated carbocycles. The van der Waals surface area contributed by atoms with Crippen LogP contribution in [0.2, 0.25) is 0 Å². The van der Waals surface area contributed by atoms with Crippen LogP contribution in [-0.2, 0) is 11.2 Å². The highest BCUT2D eigenvalue weighted by molar-refractivity contribution is 7.09. The van der Waals surface area contributed by atoms with Crippen molar-refractivity contribution in [3.8, 4) is 5.75 Å². The molecule has 24 heavy (non-hydrogen) atoms. The van der Waals surface area contributed by atoms with Crippen molar-refractivity contribution in [2.24, 2.45) is 0 Å². The number of thiazole rings is 1. The Balaban J connectivity index is 1.48. The van der Waals surface area contributed by atoms with E-state index in [1.165, 1.54) is 0 Å². The summed E-state index contributed by atoms with van der Waals surface area (Å²) >= 11 is 1.55. The molecule has 3 heterocycles. The number of ketones is 1. The normalized spacial score (nSPS) is 22.5. The van der Waals surface area contributed by atoms with Crippen molar-refractivity contribution in [2.75, 3.05) is 13.1 Å². The molecule has 1 atom stereocenters. The maximum Gasteiger partial charge on any atom is 0.228 e. The second-order valence-corrected chi connectivity index (χ2v) is 7.54. The van der Waals surface area contributed by atoms with Crippen LogP contribution in [0.15, 0.2) is 29.6 Å². The number of carbonyl (C=O) groups is 2. The third-order valence-corrected chi connectivity index (χ3v) is 5.49. The van der Waals surface area contributed by atoms with Gasteiger partial charge in [0.2, 0.25) is 5.91 Å². The van der Waals surface area contributed by atoms with Crippen molar-refractivity contribution in [1.82, 2.24) is 9.88 Å². The van der Waals surface area contributed by atoms with Gasteiger partial charge in [-0.2, -0.15) is 0 Å². The van der Waals surface area contributed by atoms with Crippen LogP contribution in [0.5, 0.6) is 5.75 Å². The molecular weight excluding hydrogens is 324 g/mol. The lowest BCUT2D eigenvalue weighted by atomic mass is 9.89. The average molecular weight is 342 g/mol. The summed E-state index contributed by atoms with van der Waals surface area (Å²) in [4.78, 5) is 31.1. The first-order chi connectivity index (χ1) is 11.5. The molecule has 2 aliphatic rings. The van der Waals surface area contributed by atoms with Crippen LogP contribution in [0, 0.1) is 6.92 Å². The van der Waals surface area contributed by atoms with E-state index < -0.39 is 5.60 Å². The van der Waals surface area contributed by atoms with E-state index in [0.29, 0.717) is 43.7 Å². The highest BCUT2D eigenvalue weighted by Crippen LogP contribution is 2.38. The van der Waals surface area contributed by atoms with Crippen LogP contribution in [0.4, 0.5) is 0 Å². The van der Waals surface area contributed by atoms with Crippen molar-refractivity contribution in [1.29, 1.82) is 0 Å². The number of rotatable bonds is 2. The molecule has 1 aromatic carbocycles. The zero-order valence-corrected chi connectivity index (χ0v) is 14.3. The molecule has 4 rings (SSSR count). The molecule has 2 aromatic rings. The van der Waals surface area contributed by atoms with Crippen LogP contribution in [0.3, 0.4) is 0 Å². The second-order valence-electron chi connectivity index (χ2n) is 6.48.